The summed E-state index contributed by atoms with van der Waals surface area (Å²) in [6.07, 6.45) is 3.64. The fraction of sp³-hybridized carbons (Fsp3) is 0.867. The van der Waals surface area contributed by atoms with Crippen LogP contribution in [0.1, 0.15) is 32.1 Å². The summed E-state index contributed by atoms with van der Waals surface area (Å²) in [5.74, 6) is 0.0161. The SMILES string of the molecule is CN1CC[C@H](N2CCC([C@@H](O)C(=O)NC3CC3)CC2)C1=O. The minimum Gasteiger partial charge on any atom is -0.383 e. The highest BCUT2D eigenvalue weighted by Crippen LogP contribution is 2.26. The van der Waals surface area contributed by atoms with Crippen LogP contribution < -0.4 is 5.32 Å². The van der Waals surface area contributed by atoms with Gasteiger partial charge in [0.1, 0.15) is 6.10 Å². The Bertz CT molecular complexity index is 416. The summed E-state index contributed by atoms with van der Waals surface area (Å²) < 4.78 is 0. The molecule has 1 saturated carbocycles. The van der Waals surface area contributed by atoms with E-state index in [1.54, 1.807) is 4.90 Å². The molecule has 2 heterocycles. The van der Waals surface area contributed by atoms with Crippen LogP contribution in [-0.4, -0.2) is 71.6 Å². The number of carbonyl (C=O) groups is 2. The molecule has 1 aliphatic carbocycles. The second-order valence-electron chi connectivity index (χ2n) is 6.67. The van der Waals surface area contributed by atoms with Gasteiger partial charge in [0, 0.05) is 19.6 Å². The van der Waals surface area contributed by atoms with Crippen molar-refractivity contribution in [1.82, 2.24) is 15.1 Å². The highest BCUT2D eigenvalue weighted by Gasteiger charge is 2.38. The second kappa shape index (κ2) is 5.93. The standard InChI is InChI=1S/C15H25N3O3/c1-17-7-6-12(15(17)21)18-8-4-10(5-9-18)13(19)14(20)16-11-2-3-11/h10-13,19H,2-9H2,1H3,(H,16,20)/t12-,13+/m0/s1. The molecule has 21 heavy (non-hydrogen) atoms. The van der Waals surface area contributed by atoms with Crippen LogP contribution in [0.4, 0.5) is 0 Å². The van der Waals surface area contributed by atoms with Gasteiger partial charge in [-0.3, -0.25) is 14.5 Å². The minimum absolute atomic E-state index is 0.00776. The number of aliphatic hydroxyl groups excluding tert-OH is 1. The summed E-state index contributed by atoms with van der Waals surface area (Å²) in [5, 5.41) is 13.0. The third-order valence-electron chi connectivity index (χ3n) is 5.05. The van der Waals surface area contributed by atoms with Crippen LogP contribution >= 0.6 is 0 Å². The van der Waals surface area contributed by atoms with Crippen LogP contribution in [-0.2, 0) is 9.59 Å². The molecule has 118 valence electrons. The van der Waals surface area contributed by atoms with Crippen LogP contribution in [0.15, 0.2) is 0 Å². The van der Waals surface area contributed by atoms with E-state index in [1.165, 1.54) is 0 Å². The highest BCUT2D eigenvalue weighted by molar-refractivity contribution is 5.83. The van der Waals surface area contributed by atoms with Crippen molar-refractivity contribution in [2.24, 2.45) is 5.92 Å². The normalized spacial score (nSPS) is 29.7. The van der Waals surface area contributed by atoms with Crippen LogP contribution in [0.25, 0.3) is 0 Å². The first-order valence-electron chi connectivity index (χ1n) is 8.03. The third-order valence-corrected chi connectivity index (χ3v) is 5.05. The zero-order valence-electron chi connectivity index (χ0n) is 12.6. The number of amides is 2. The van der Waals surface area contributed by atoms with E-state index >= 15 is 0 Å². The maximum Gasteiger partial charge on any atom is 0.249 e. The van der Waals surface area contributed by atoms with E-state index in [0.29, 0.717) is 6.04 Å². The molecule has 3 aliphatic rings. The third kappa shape index (κ3) is 3.21. The maximum absolute atomic E-state index is 12.0. The summed E-state index contributed by atoms with van der Waals surface area (Å²) in [4.78, 5) is 27.9. The van der Waals surface area contributed by atoms with E-state index < -0.39 is 6.10 Å². The molecule has 0 bridgehead atoms. The molecular weight excluding hydrogens is 270 g/mol. The average Bonchev–Trinajstić information content (AvgIpc) is 3.24. The topological polar surface area (TPSA) is 72.9 Å². The van der Waals surface area contributed by atoms with Gasteiger partial charge < -0.3 is 15.3 Å². The molecular formula is C15H25N3O3. The van der Waals surface area contributed by atoms with Crippen molar-refractivity contribution < 1.29 is 14.7 Å². The number of rotatable bonds is 4. The molecule has 3 fully saturated rings. The molecule has 2 atom stereocenters. The monoisotopic (exact) mass is 295 g/mol. The maximum atomic E-state index is 12.0. The van der Waals surface area contributed by atoms with Crippen molar-refractivity contribution >= 4 is 11.8 Å². The molecule has 0 spiro atoms. The van der Waals surface area contributed by atoms with E-state index in [4.69, 9.17) is 0 Å². The van der Waals surface area contributed by atoms with Crippen molar-refractivity contribution in [1.29, 1.82) is 0 Å². The van der Waals surface area contributed by atoms with Crippen molar-refractivity contribution in [2.45, 2.75) is 50.3 Å². The lowest BCUT2D eigenvalue weighted by atomic mass is 9.90. The minimum atomic E-state index is -0.894. The van der Waals surface area contributed by atoms with Gasteiger partial charge in [0.05, 0.1) is 6.04 Å². The molecule has 2 amide bonds. The van der Waals surface area contributed by atoms with Gasteiger partial charge in [0.15, 0.2) is 0 Å². The Hall–Kier alpha value is -1.14. The summed E-state index contributed by atoms with van der Waals surface area (Å²) in [7, 11) is 1.85. The van der Waals surface area contributed by atoms with Gasteiger partial charge >= 0.3 is 0 Å². The van der Waals surface area contributed by atoms with Gasteiger partial charge in [-0.25, -0.2) is 0 Å². The molecule has 2 N–H and O–H groups in total. The first-order valence-corrected chi connectivity index (χ1v) is 8.03. The largest absolute Gasteiger partial charge is 0.383 e. The van der Waals surface area contributed by atoms with Crippen molar-refractivity contribution in [3.05, 3.63) is 0 Å². The number of hydrogen-bond donors (Lipinski definition) is 2. The predicted molar refractivity (Wildman–Crippen MR) is 77.5 cm³/mol. The number of nitrogens with one attached hydrogen (secondary N) is 1. The Balaban J connectivity index is 1.48. The lowest BCUT2D eigenvalue weighted by molar-refractivity contribution is -0.135. The van der Waals surface area contributed by atoms with Crippen LogP contribution in [0.2, 0.25) is 0 Å². The second-order valence-corrected chi connectivity index (χ2v) is 6.67. The predicted octanol–water partition coefficient (Wildman–Crippen LogP) is -0.431. The summed E-state index contributed by atoms with van der Waals surface area (Å²) >= 11 is 0. The van der Waals surface area contributed by atoms with E-state index in [9.17, 15) is 14.7 Å². The Morgan fingerprint density at radius 3 is 2.38 bits per heavy atom. The Kier molecular flexibility index (Phi) is 4.17. The first-order chi connectivity index (χ1) is 10.1. The lowest BCUT2D eigenvalue weighted by Gasteiger charge is -2.36. The number of carbonyl (C=O) groups excluding carboxylic acids is 2. The average molecular weight is 295 g/mol. The zero-order valence-corrected chi connectivity index (χ0v) is 12.6. The lowest BCUT2D eigenvalue weighted by Crippen LogP contribution is -2.49. The summed E-state index contributed by atoms with van der Waals surface area (Å²) in [5.41, 5.74) is 0. The molecule has 3 rings (SSSR count). The Labute approximate surface area is 125 Å². The molecule has 0 aromatic rings. The zero-order chi connectivity index (χ0) is 15.0. The van der Waals surface area contributed by atoms with Gasteiger partial charge in [-0.1, -0.05) is 0 Å². The summed E-state index contributed by atoms with van der Waals surface area (Å²) in [6, 6.07) is 0.298. The van der Waals surface area contributed by atoms with E-state index in [1.807, 2.05) is 7.05 Å². The van der Waals surface area contributed by atoms with Gasteiger partial charge in [0.2, 0.25) is 11.8 Å². The van der Waals surface area contributed by atoms with Gasteiger partial charge in [-0.15, -0.1) is 0 Å². The number of likely N-dealkylation sites (tertiary alicyclic amines) is 2. The molecule has 0 radical (unpaired) electrons. The summed E-state index contributed by atoms with van der Waals surface area (Å²) in [6.45, 7) is 2.42. The smallest absolute Gasteiger partial charge is 0.249 e. The van der Waals surface area contributed by atoms with Gasteiger partial charge in [-0.2, -0.15) is 0 Å². The fourth-order valence-corrected chi connectivity index (χ4v) is 3.42. The number of nitrogens with zero attached hydrogens (tertiary/aromatic N) is 2. The van der Waals surface area contributed by atoms with Crippen LogP contribution in [0.5, 0.6) is 0 Å². The molecule has 2 saturated heterocycles. The molecule has 0 aromatic carbocycles. The molecule has 0 unspecified atom stereocenters. The molecule has 0 aromatic heterocycles. The molecule has 6 heteroatoms. The Morgan fingerprint density at radius 1 is 1.19 bits per heavy atom. The molecule has 2 aliphatic heterocycles. The van der Waals surface area contributed by atoms with Crippen molar-refractivity contribution in [3.63, 3.8) is 0 Å². The van der Waals surface area contributed by atoms with E-state index in [2.05, 4.69) is 10.2 Å². The van der Waals surface area contributed by atoms with E-state index in [-0.39, 0.29) is 23.8 Å². The fourth-order valence-electron chi connectivity index (χ4n) is 3.42. The van der Waals surface area contributed by atoms with Crippen molar-refractivity contribution in [3.8, 4) is 0 Å². The molecule has 6 nitrogen and oxygen atoms in total. The number of piperidine rings is 1. The first kappa shape index (κ1) is 14.8. The number of likely N-dealkylation sites (N-methyl/N-ethyl adjacent to an activating group) is 1. The van der Waals surface area contributed by atoms with Crippen molar-refractivity contribution in [2.75, 3.05) is 26.7 Å². The van der Waals surface area contributed by atoms with Gasteiger partial charge in [-0.05, 0) is 51.1 Å². The quantitative estimate of drug-likeness (QED) is 0.738. The number of aliphatic hydroxyl groups is 1. The van der Waals surface area contributed by atoms with Crippen LogP contribution in [0, 0.1) is 5.92 Å². The Morgan fingerprint density at radius 2 is 1.86 bits per heavy atom. The van der Waals surface area contributed by atoms with E-state index in [0.717, 1.165) is 51.7 Å². The van der Waals surface area contributed by atoms with Gasteiger partial charge in [0.25, 0.3) is 0 Å². The highest BCUT2D eigenvalue weighted by atomic mass is 16.3. The van der Waals surface area contributed by atoms with Crippen LogP contribution in [0.3, 0.4) is 0 Å². The number of hydrogen-bond acceptors (Lipinski definition) is 4.